The summed E-state index contributed by atoms with van der Waals surface area (Å²) >= 11 is 0. The Morgan fingerprint density at radius 2 is 1.45 bits per heavy atom. The molecule has 38 heavy (non-hydrogen) atoms. The van der Waals surface area contributed by atoms with Gasteiger partial charge in [0.25, 0.3) is 0 Å². The second-order valence-corrected chi connectivity index (χ2v) is 10.8. The fourth-order valence-corrected chi connectivity index (χ4v) is 4.60. The van der Waals surface area contributed by atoms with Crippen LogP contribution in [0.4, 0.5) is 0 Å². The Morgan fingerprint density at radius 1 is 0.842 bits per heavy atom. The van der Waals surface area contributed by atoms with Crippen molar-refractivity contribution in [2.45, 2.75) is 97.7 Å². The molecule has 0 bridgehead atoms. The minimum Gasteiger partial charge on any atom is -0.494 e. The SMILES string of the molecule is CCCCCCCCCCOc1ccc(OC(=O)c2ccc([C@H]3OC[C@H](CC[C@@H](C)CC)CO3)cc2)cc1. The minimum atomic E-state index is -0.389. The number of carbonyl (C=O) groups is 1. The maximum atomic E-state index is 12.6. The molecule has 0 unspecified atom stereocenters. The molecule has 0 spiro atoms. The van der Waals surface area contributed by atoms with Crippen LogP contribution in [0.25, 0.3) is 0 Å². The molecule has 2 aromatic carbocycles. The van der Waals surface area contributed by atoms with Gasteiger partial charge in [-0.05, 0) is 55.2 Å². The second-order valence-electron chi connectivity index (χ2n) is 10.8. The third-order valence-corrected chi connectivity index (χ3v) is 7.45. The third-order valence-electron chi connectivity index (χ3n) is 7.45. The van der Waals surface area contributed by atoms with Crippen molar-refractivity contribution in [3.63, 3.8) is 0 Å². The first-order valence-corrected chi connectivity index (χ1v) is 14.9. The molecule has 0 N–H and O–H groups in total. The lowest BCUT2D eigenvalue weighted by Crippen LogP contribution is -2.27. The van der Waals surface area contributed by atoms with Crippen molar-refractivity contribution in [1.82, 2.24) is 0 Å². The molecular formula is C33H48O5. The second kappa shape index (κ2) is 17.3. The van der Waals surface area contributed by atoms with Crippen LogP contribution < -0.4 is 9.47 Å². The smallest absolute Gasteiger partial charge is 0.343 e. The first-order chi connectivity index (χ1) is 18.6. The van der Waals surface area contributed by atoms with Gasteiger partial charge in [-0.15, -0.1) is 0 Å². The van der Waals surface area contributed by atoms with Crippen LogP contribution >= 0.6 is 0 Å². The molecule has 0 aliphatic carbocycles. The van der Waals surface area contributed by atoms with Crippen molar-refractivity contribution >= 4 is 5.97 Å². The average Bonchev–Trinajstić information content (AvgIpc) is 2.96. The van der Waals surface area contributed by atoms with E-state index in [0.29, 0.717) is 37.1 Å². The van der Waals surface area contributed by atoms with E-state index in [1.807, 2.05) is 24.3 Å². The number of hydrogen-bond acceptors (Lipinski definition) is 5. The number of unbranched alkanes of at least 4 members (excludes halogenated alkanes) is 7. The summed E-state index contributed by atoms with van der Waals surface area (Å²) in [5.41, 5.74) is 1.41. The summed E-state index contributed by atoms with van der Waals surface area (Å²) in [5.74, 6) is 2.11. The molecule has 5 nitrogen and oxygen atoms in total. The highest BCUT2D eigenvalue weighted by molar-refractivity contribution is 5.91. The summed E-state index contributed by atoms with van der Waals surface area (Å²) in [5, 5.41) is 0. The van der Waals surface area contributed by atoms with Crippen molar-refractivity contribution in [2.24, 2.45) is 11.8 Å². The summed E-state index contributed by atoms with van der Waals surface area (Å²) in [6.45, 7) is 8.92. The van der Waals surface area contributed by atoms with Gasteiger partial charge < -0.3 is 18.9 Å². The Bertz CT molecular complexity index is 900. The van der Waals surface area contributed by atoms with Crippen molar-refractivity contribution < 1.29 is 23.7 Å². The highest BCUT2D eigenvalue weighted by atomic mass is 16.7. The van der Waals surface area contributed by atoms with Crippen LogP contribution in [0.1, 0.15) is 114 Å². The average molecular weight is 525 g/mol. The molecule has 1 aliphatic heterocycles. The maximum Gasteiger partial charge on any atom is 0.343 e. The maximum absolute atomic E-state index is 12.6. The van der Waals surface area contributed by atoms with E-state index >= 15 is 0 Å². The largest absolute Gasteiger partial charge is 0.494 e. The van der Waals surface area contributed by atoms with E-state index in [1.165, 1.54) is 57.8 Å². The molecule has 1 saturated heterocycles. The molecule has 1 heterocycles. The lowest BCUT2D eigenvalue weighted by molar-refractivity contribution is -0.206. The van der Waals surface area contributed by atoms with Crippen LogP contribution in [0.5, 0.6) is 11.5 Å². The predicted molar refractivity (Wildman–Crippen MR) is 153 cm³/mol. The van der Waals surface area contributed by atoms with Crippen LogP contribution in [0.2, 0.25) is 0 Å². The molecule has 0 amide bonds. The van der Waals surface area contributed by atoms with Gasteiger partial charge in [0.1, 0.15) is 11.5 Å². The van der Waals surface area contributed by atoms with Gasteiger partial charge in [0.05, 0.1) is 25.4 Å². The molecule has 3 rings (SSSR count). The van der Waals surface area contributed by atoms with Gasteiger partial charge >= 0.3 is 5.97 Å². The van der Waals surface area contributed by atoms with Gasteiger partial charge in [-0.25, -0.2) is 4.79 Å². The number of benzene rings is 2. The lowest BCUT2D eigenvalue weighted by atomic mass is 9.96. The van der Waals surface area contributed by atoms with Crippen LogP contribution in [-0.4, -0.2) is 25.8 Å². The Labute approximate surface area is 230 Å². The quantitative estimate of drug-likeness (QED) is 0.117. The minimum absolute atomic E-state index is 0.377. The normalized spacial score (nSPS) is 18.2. The fourth-order valence-electron chi connectivity index (χ4n) is 4.60. The number of ether oxygens (including phenoxy) is 4. The molecule has 1 atom stereocenters. The molecule has 5 heteroatoms. The van der Waals surface area contributed by atoms with Gasteiger partial charge in [0.15, 0.2) is 6.29 Å². The van der Waals surface area contributed by atoms with Gasteiger partial charge in [0.2, 0.25) is 0 Å². The zero-order valence-electron chi connectivity index (χ0n) is 23.8. The standard InChI is InChI=1S/C33H48O5/c1-4-6-7-8-9-10-11-12-23-35-30-19-21-31(22-20-30)38-32(34)28-15-17-29(18-16-28)33-36-24-27(25-37-33)14-13-26(3)5-2/h15-22,26-27,33H,4-14,23-25H2,1-3H3/t26-,27-,33-/m0/s1. The van der Waals surface area contributed by atoms with Crippen LogP contribution in [0.3, 0.4) is 0 Å². The summed E-state index contributed by atoms with van der Waals surface area (Å²) in [7, 11) is 0. The Hall–Kier alpha value is -2.37. The first kappa shape index (κ1) is 30.2. The molecule has 1 aliphatic rings. The lowest BCUT2D eigenvalue weighted by Gasteiger charge is -2.30. The molecule has 210 valence electrons. The predicted octanol–water partition coefficient (Wildman–Crippen LogP) is 8.91. The zero-order valence-corrected chi connectivity index (χ0v) is 23.8. The number of esters is 1. The van der Waals surface area contributed by atoms with Crippen LogP contribution in [0, 0.1) is 11.8 Å². The van der Waals surface area contributed by atoms with Gasteiger partial charge in [-0.1, -0.05) is 90.7 Å². The number of hydrogen-bond donors (Lipinski definition) is 0. The van der Waals surface area contributed by atoms with E-state index in [1.54, 1.807) is 24.3 Å². The molecule has 1 fully saturated rings. The molecule has 0 saturated carbocycles. The van der Waals surface area contributed by atoms with Crippen molar-refractivity contribution in [2.75, 3.05) is 19.8 Å². The van der Waals surface area contributed by atoms with E-state index < -0.39 is 0 Å². The fraction of sp³-hybridized carbons (Fsp3) is 0.606. The van der Waals surface area contributed by atoms with Crippen molar-refractivity contribution in [3.8, 4) is 11.5 Å². The Morgan fingerprint density at radius 3 is 2.08 bits per heavy atom. The highest BCUT2D eigenvalue weighted by Gasteiger charge is 2.24. The summed E-state index contributed by atoms with van der Waals surface area (Å²) in [4.78, 5) is 12.6. The Kier molecular flexibility index (Phi) is 13.7. The zero-order chi connectivity index (χ0) is 27.0. The number of carbonyl (C=O) groups excluding carboxylic acids is 1. The molecule has 0 aromatic heterocycles. The number of rotatable bonds is 17. The van der Waals surface area contributed by atoms with Gasteiger partial charge in [0, 0.05) is 11.5 Å². The van der Waals surface area contributed by atoms with E-state index in [-0.39, 0.29) is 12.3 Å². The monoisotopic (exact) mass is 524 g/mol. The third kappa shape index (κ3) is 10.8. The summed E-state index contributed by atoms with van der Waals surface area (Å²) < 4.78 is 23.3. The molecule has 0 radical (unpaired) electrons. The van der Waals surface area contributed by atoms with E-state index in [9.17, 15) is 4.79 Å². The van der Waals surface area contributed by atoms with E-state index in [0.717, 1.165) is 30.1 Å². The van der Waals surface area contributed by atoms with Crippen LogP contribution in [-0.2, 0) is 9.47 Å². The first-order valence-electron chi connectivity index (χ1n) is 14.9. The molecular weight excluding hydrogens is 476 g/mol. The summed E-state index contributed by atoms with van der Waals surface area (Å²) in [6, 6.07) is 14.5. The van der Waals surface area contributed by atoms with Gasteiger partial charge in [-0.3, -0.25) is 0 Å². The van der Waals surface area contributed by atoms with E-state index in [4.69, 9.17) is 18.9 Å². The van der Waals surface area contributed by atoms with Gasteiger partial charge in [-0.2, -0.15) is 0 Å². The van der Waals surface area contributed by atoms with Crippen molar-refractivity contribution in [1.29, 1.82) is 0 Å². The van der Waals surface area contributed by atoms with Crippen molar-refractivity contribution in [3.05, 3.63) is 59.7 Å². The Balaban J connectivity index is 1.34. The molecule has 2 aromatic rings. The highest BCUT2D eigenvalue weighted by Crippen LogP contribution is 2.28. The summed E-state index contributed by atoms with van der Waals surface area (Å²) in [6.07, 6.45) is 13.4. The van der Waals surface area contributed by atoms with Crippen LogP contribution in [0.15, 0.2) is 48.5 Å². The topological polar surface area (TPSA) is 54.0 Å². The van der Waals surface area contributed by atoms with E-state index in [2.05, 4.69) is 20.8 Å².